The van der Waals surface area contributed by atoms with E-state index in [1.807, 2.05) is 25.6 Å². The fourth-order valence-electron chi connectivity index (χ4n) is 2.13. The molecule has 0 bridgehead atoms. The van der Waals surface area contributed by atoms with Crippen molar-refractivity contribution in [3.63, 3.8) is 0 Å². The first kappa shape index (κ1) is 15.7. The van der Waals surface area contributed by atoms with E-state index in [0.29, 0.717) is 5.89 Å². The van der Waals surface area contributed by atoms with Gasteiger partial charge in [0.2, 0.25) is 5.89 Å². The Morgan fingerprint density at radius 3 is 2.43 bits per heavy atom. The van der Waals surface area contributed by atoms with E-state index >= 15 is 0 Å². The first-order valence-electron chi connectivity index (χ1n) is 7.26. The monoisotopic (exact) mass is 291 g/mol. The summed E-state index contributed by atoms with van der Waals surface area (Å²) >= 11 is 0. The van der Waals surface area contributed by atoms with Crippen LogP contribution in [0.25, 0.3) is 0 Å². The molecule has 1 unspecified atom stereocenters. The lowest BCUT2D eigenvalue weighted by Gasteiger charge is -2.12. The molecule has 6 heteroatoms. The van der Waals surface area contributed by atoms with Crippen LogP contribution in [0.4, 0.5) is 0 Å². The Labute approximate surface area is 125 Å². The third kappa shape index (κ3) is 3.32. The third-order valence-corrected chi connectivity index (χ3v) is 3.73. The van der Waals surface area contributed by atoms with Gasteiger partial charge in [0.25, 0.3) is 0 Å². The van der Waals surface area contributed by atoms with Gasteiger partial charge in [0.05, 0.1) is 11.7 Å². The maximum atomic E-state index is 5.36. The molecule has 1 atom stereocenters. The Hall–Kier alpha value is -1.69. The van der Waals surface area contributed by atoms with Crippen LogP contribution in [0.15, 0.2) is 4.52 Å². The van der Waals surface area contributed by atoms with E-state index in [2.05, 4.69) is 48.3 Å². The molecule has 2 heterocycles. The van der Waals surface area contributed by atoms with Gasteiger partial charge in [-0.3, -0.25) is 4.68 Å². The van der Waals surface area contributed by atoms with Gasteiger partial charge in [0, 0.05) is 30.3 Å². The molecular formula is C15H25N5O. The summed E-state index contributed by atoms with van der Waals surface area (Å²) < 4.78 is 7.27. The molecule has 0 spiro atoms. The summed E-state index contributed by atoms with van der Waals surface area (Å²) in [6.45, 7) is 13.1. The molecule has 116 valence electrons. The Morgan fingerprint density at radius 2 is 1.95 bits per heavy atom. The lowest BCUT2D eigenvalue weighted by atomic mass is 9.96. The molecule has 21 heavy (non-hydrogen) atoms. The summed E-state index contributed by atoms with van der Waals surface area (Å²) in [5.74, 6) is 1.36. The number of nitrogens with zero attached hydrogens (tertiary/aromatic N) is 4. The zero-order chi connectivity index (χ0) is 15.8. The Morgan fingerprint density at radius 1 is 1.29 bits per heavy atom. The minimum absolute atomic E-state index is 0.00704. The van der Waals surface area contributed by atoms with E-state index in [1.54, 1.807) is 0 Å². The Bertz CT molecular complexity index is 621. The molecule has 2 aromatic heterocycles. The number of aromatic nitrogens is 4. The van der Waals surface area contributed by atoms with Crippen molar-refractivity contribution in [1.82, 2.24) is 25.2 Å². The number of hydrogen-bond acceptors (Lipinski definition) is 5. The van der Waals surface area contributed by atoms with Gasteiger partial charge < -0.3 is 9.84 Å². The topological polar surface area (TPSA) is 68.8 Å². The maximum Gasteiger partial charge on any atom is 0.243 e. The summed E-state index contributed by atoms with van der Waals surface area (Å²) in [5, 5.41) is 11.9. The quantitative estimate of drug-likeness (QED) is 0.937. The SMILES string of the molecule is Cc1nn(C)c(C)c1CNC(C)c1nc(C(C)(C)C)no1. The third-order valence-electron chi connectivity index (χ3n) is 3.73. The van der Waals surface area contributed by atoms with Crippen LogP contribution < -0.4 is 5.32 Å². The molecule has 0 aliphatic rings. The zero-order valence-electron chi connectivity index (χ0n) is 14.0. The second-order valence-corrected chi connectivity index (χ2v) is 6.58. The molecule has 0 aromatic carbocycles. The summed E-state index contributed by atoms with van der Waals surface area (Å²) in [6.07, 6.45) is 0. The maximum absolute atomic E-state index is 5.36. The van der Waals surface area contributed by atoms with Crippen molar-refractivity contribution in [3.8, 4) is 0 Å². The van der Waals surface area contributed by atoms with E-state index in [9.17, 15) is 0 Å². The molecule has 2 aromatic rings. The molecule has 2 rings (SSSR count). The average molecular weight is 291 g/mol. The smallest absolute Gasteiger partial charge is 0.243 e. The van der Waals surface area contributed by atoms with Crippen molar-refractivity contribution in [1.29, 1.82) is 0 Å². The first-order chi connectivity index (χ1) is 9.70. The molecule has 6 nitrogen and oxygen atoms in total. The second kappa shape index (κ2) is 5.60. The second-order valence-electron chi connectivity index (χ2n) is 6.58. The van der Waals surface area contributed by atoms with Crippen LogP contribution in [0.2, 0.25) is 0 Å². The summed E-state index contributed by atoms with van der Waals surface area (Å²) in [4.78, 5) is 4.48. The number of hydrogen-bond donors (Lipinski definition) is 1. The van der Waals surface area contributed by atoms with Gasteiger partial charge in [-0.1, -0.05) is 25.9 Å². The fourth-order valence-corrected chi connectivity index (χ4v) is 2.13. The molecule has 0 radical (unpaired) electrons. The standard InChI is InChI=1S/C15H25N5O/c1-9-12(11(3)20(7)18-9)8-16-10(2)13-17-14(19-21-13)15(4,5)6/h10,16H,8H2,1-7H3. The molecule has 0 fully saturated rings. The van der Waals surface area contributed by atoms with Gasteiger partial charge in [-0.05, 0) is 20.8 Å². The van der Waals surface area contributed by atoms with E-state index < -0.39 is 0 Å². The Balaban J connectivity index is 2.05. The van der Waals surface area contributed by atoms with Crippen molar-refractivity contribution in [2.75, 3.05) is 0 Å². The minimum atomic E-state index is -0.0992. The highest BCUT2D eigenvalue weighted by Gasteiger charge is 2.23. The van der Waals surface area contributed by atoms with E-state index in [1.165, 1.54) is 11.3 Å². The van der Waals surface area contributed by atoms with E-state index in [-0.39, 0.29) is 11.5 Å². The highest BCUT2D eigenvalue weighted by atomic mass is 16.5. The van der Waals surface area contributed by atoms with Crippen LogP contribution in [-0.2, 0) is 19.0 Å². The minimum Gasteiger partial charge on any atom is -0.338 e. The first-order valence-corrected chi connectivity index (χ1v) is 7.26. The highest BCUT2D eigenvalue weighted by Crippen LogP contribution is 2.21. The number of rotatable bonds is 4. The zero-order valence-corrected chi connectivity index (χ0v) is 14.0. The summed E-state index contributed by atoms with van der Waals surface area (Å²) in [7, 11) is 1.96. The molecule has 0 saturated heterocycles. The van der Waals surface area contributed by atoms with Gasteiger partial charge in [-0.2, -0.15) is 10.1 Å². The lowest BCUT2D eigenvalue weighted by Crippen LogP contribution is -2.20. The number of aryl methyl sites for hydroxylation is 2. The summed E-state index contributed by atoms with van der Waals surface area (Å²) in [5.41, 5.74) is 3.35. The van der Waals surface area contributed by atoms with Crippen molar-refractivity contribution < 1.29 is 4.52 Å². The van der Waals surface area contributed by atoms with Gasteiger partial charge in [0.1, 0.15) is 0 Å². The van der Waals surface area contributed by atoms with Crippen molar-refractivity contribution in [3.05, 3.63) is 28.7 Å². The summed E-state index contributed by atoms with van der Waals surface area (Å²) in [6, 6.07) is 0.00704. The van der Waals surface area contributed by atoms with Crippen molar-refractivity contribution >= 4 is 0 Å². The lowest BCUT2D eigenvalue weighted by molar-refractivity contribution is 0.330. The van der Waals surface area contributed by atoms with Gasteiger partial charge in [-0.25, -0.2) is 0 Å². The van der Waals surface area contributed by atoms with Crippen molar-refractivity contribution in [2.45, 2.75) is 59.5 Å². The van der Waals surface area contributed by atoms with Gasteiger partial charge >= 0.3 is 0 Å². The van der Waals surface area contributed by atoms with Crippen LogP contribution in [0.5, 0.6) is 0 Å². The molecule has 0 saturated carbocycles. The van der Waals surface area contributed by atoms with E-state index in [0.717, 1.165) is 18.1 Å². The fraction of sp³-hybridized carbons (Fsp3) is 0.667. The normalized spacial score (nSPS) is 13.7. The molecule has 0 aliphatic carbocycles. The highest BCUT2D eigenvalue weighted by molar-refractivity contribution is 5.24. The molecule has 0 amide bonds. The van der Waals surface area contributed by atoms with E-state index in [4.69, 9.17) is 4.52 Å². The van der Waals surface area contributed by atoms with Gasteiger partial charge in [0.15, 0.2) is 5.82 Å². The van der Waals surface area contributed by atoms with Gasteiger partial charge in [-0.15, -0.1) is 0 Å². The number of nitrogens with one attached hydrogen (secondary N) is 1. The van der Waals surface area contributed by atoms with Crippen LogP contribution in [0, 0.1) is 13.8 Å². The van der Waals surface area contributed by atoms with Crippen molar-refractivity contribution in [2.24, 2.45) is 7.05 Å². The average Bonchev–Trinajstić information content (AvgIpc) is 2.95. The van der Waals surface area contributed by atoms with Crippen LogP contribution in [0.3, 0.4) is 0 Å². The van der Waals surface area contributed by atoms with Crippen LogP contribution >= 0.6 is 0 Å². The largest absolute Gasteiger partial charge is 0.338 e. The molecule has 0 aliphatic heterocycles. The predicted molar refractivity (Wildman–Crippen MR) is 80.9 cm³/mol. The van der Waals surface area contributed by atoms with Crippen LogP contribution in [0.1, 0.15) is 62.4 Å². The molecular weight excluding hydrogens is 266 g/mol. The molecule has 1 N–H and O–H groups in total. The predicted octanol–water partition coefficient (Wildman–Crippen LogP) is 2.57. The Kier molecular flexibility index (Phi) is 4.18. The van der Waals surface area contributed by atoms with Crippen LogP contribution in [-0.4, -0.2) is 19.9 Å².